The summed E-state index contributed by atoms with van der Waals surface area (Å²) in [6.07, 6.45) is 6.17. The molecule has 1 heterocycles. The van der Waals surface area contributed by atoms with Crippen molar-refractivity contribution >= 4 is 21.9 Å². The second-order valence-corrected chi connectivity index (χ2v) is 6.81. The molecule has 0 atom stereocenters. The molecule has 0 unspecified atom stereocenters. The fraction of sp³-hybridized carbons (Fsp3) is 0.455. The Labute approximate surface area is 149 Å². The highest BCUT2D eigenvalue weighted by Gasteiger charge is 2.15. The van der Waals surface area contributed by atoms with E-state index < -0.39 is 0 Å². The summed E-state index contributed by atoms with van der Waals surface area (Å²) >= 11 is 0. The summed E-state index contributed by atoms with van der Waals surface area (Å²) in [6, 6.07) is 8.14. The molecule has 1 aromatic heterocycles. The number of aryl methyl sites for hydroxylation is 2. The molecule has 0 spiro atoms. The number of fused-ring (bicyclic) bond motifs is 3. The van der Waals surface area contributed by atoms with Crippen molar-refractivity contribution in [3.8, 4) is 5.75 Å². The molecule has 0 amide bonds. The first-order chi connectivity index (χ1) is 12.2. The number of ether oxygens (including phenoxy) is 1. The van der Waals surface area contributed by atoms with Crippen molar-refractivity contribution < 1.29 is 14.3 Å². The maximum absolute atomic E-state index is 9.46. The van der Waals surface area contributed by atoms with Gasteiger partial charge in [-0.3, -0.25) is 0 Å². The second kappa shape index (κ2) is 7.92. The Bertz CT molecular complexity index is 861. The minimum Gasteiger partial charge on any atom is -0.493 e. The van der Waals surface area contributed by atoms with Crippen molar-refractivity contribution in [3.05, 3.63) is 41.0 Å². The van der Waals surface area contributed by atoms with Crippen LogP contribution in [0, 0.1) is 13.8 Å². The van der Waals surface area contributed by atoms with E-state index in [1.165, 1.54) is 25.7 Å². The maximum atomic E-state index is 9.46. The van der Waals surface area contributed by atoms with Crippen molar-refractivity contribution in [1.29, 1.82) is 0 Å². The summed E-state index contributed by atoms with van der Waals surface area (Å²) < 4.78 is 12.2. The molecule has 1 N–H and O–H groups in total. The summed E-state index contributed by atoms with van der Waals surface area (Å²) in [5.74, 6) is 0.905. The van der Waals surface area contributed by atoms with Gasteiger partial charge in [-0.1, -0.05) is 44.7 Å². The van der Waals surface area contributed by atoms with E-state index in [0.717, 1.165) is 57.4 Å². The zero-order valence-corrected chi connectivity index (χ0v) is 15.5. The van der Waals surface area contributed by atoms with Crippen molar-refractivity contribution in [2.24, 2.45) is 0 Å². The summed E-state index contributed by atoms with van der Waals surface area (Å²) in [5.41, 5.74) is 4.71. The first-order valence-electron chi connectivity index (χ1n) is 9.35. The highest BCUT2D eigenvalue weighted by molar-refractivity contribution is 6.07. The van der Waals surface area contributed by atoms with E-state index in [0.29, 0.717) is 0 Å². The van der Waals surface area contributed by atoms with Gasteiger partial charge in [-0.05, 0) is 43.5 Å². The van der Waals surface area contributed by atoms with Gasteiger partial charge in [0.05, 0.1) is 13.2 Å². The molecule has 0 radical (unpaired) electrons. The summed E-state index contributed by atoms with van der Waals surface area (Å²) in [6.45, 7) is 7.07. The van der Waals surface area contributed by atoms with Gasteiger partial charge in [-0.15, -0.1) is 0 Å². The normalized spacial score (nSPS) is 11.5. The second-order valence-electron chi connectivity index (χ2n) is 6.81. The van der Waals surface area contributed by atoms with Crippen molar-refractivity contribution in [2.75, 3.05) is 6.61 Å². The number of furan rings is 1. The fourth-order valence-corrected chi connectivity index (χ4v) is 3.41. The van der Waals surface area contributed by atoms with Gasteiger partial charge in [0.2, 0.25) is 0 Å². The van der Waals surface area contributed by atoms with Gasteiger partial charge in [0.25, 0.3) is 0 Å². The molecule has 3 rings (SSSR count). The highest BCUT2D eigenvalue weighted by Crippen LogP contribution is 2.37. The van der Waals surface area contributed by atoms with Crippen LogP contribution in [0.4, 0.5) is 0 Å². The number of hydrogen-bond acceptors (Lipinski definition) is 3. The minimum atomic E-state index is 0.0319. The van der Waals surface area contributed by atoms with Crippen LogP contribution in [-0.2, 0) is 6.61 Å². The molecule has 0 aliphatic rings. The molecule has 3 nitrogen and oxygen atoms in total. The van der Waals surface area contributed by atoms with Crippen LogP contribution in [0.15, 0.2) is 28.7 Å². The first-order valence-corrected chi connectivity index (χ1v) is 9.35. The number of aliphatic hydroxyl groups excluding tert-OH is 1. The molecule has 0 saturated carbocycles. The standard InChI is InChI=1S/C22H28O3/c1-4-5-6-7-8-13-24-20-12-11-19-18-10-9-17(14-23)15(2)21(18)25-22(19)16(20)3/h9-12,23H,4-8,13-14H2,1-3H3. The van der Waals surface area contributed by atoms with E-state index in [1.807, 2.05) is 25.1 Å². The Morgan fingerprint density at radius 1 is 0.880 bits per heavy atom. The Morgan fingerprint density at radius 3 is 2.28 bits per heavy atom. The van der Waals surface area contributed by atoms with E-state index in [9.17, 15) is 5.11 Å². The molecule has 3 aromatic rings. The fourth-order valence-electron chi connectivity index (χ4n) is 3.41. The summed E-state index contributed by atoms with van der Waals surface area (Å²) in [5, 5.41) is 11.7. The van der Waals surface area contributed by atoms with Crippen LogP contribution in [0.5, 0.6) is 5.75 Å². The lowest BCUT2D eigenvalue weighted by Gasteiger charge is -2.09. The van der Waals surface area contributed by atoms with Gasteiger partial charge in [-0.2, -0.15) is 0 Å². The van der Waals surface area contributed by atoms with Gasteiger partial charge < -0.3 is 14.3 Å². The van der Waals surface area contributed by atoms with E-state index in [4.69, 9.17) is 9.15 Å². The van der Waals surface area contributed by atoms with Gasteiger partial charge in [-0.25, -0.2) is 0 Å². The van der Waals surface area contributed by atoms with Crippen molar-refractivity contribution in [1.82, 2.24) is 0 Å². The maximum Gasteiger partial charge on any atom is 0.142 e. The van der Waals surface area contributed by atoms with Crippen molar-refractivity contribution in [2.45, 2.75) is 59.5 Å². The van der Waals surface area contributed by atoms with Gasteiger partial charge in [0.1, 0.15) is 16.9 Å². The van der Waals surface area contributed by atoms with Crippen LogP contribution in [0.2, 0.25) is 0 Å². The number of benzene rings is 2. The topological polar surface area (TPSA) is 42.6 Å². The molecule has 0 saturated heterocycles. The Morgan fingerprint density at radius 2 is 1.56 bits per heavy atom. The Balaban J connectivity index is 1.84. The summed E-state index contributed by atoms with van der Waals surface area (Å²) in [7, 11) is 0. The lowest BCUT2D eigenvalue weighted by molar-refractivity contribution is 0.281. The third-order valence-corrected chi connectivity index (χ3v) is 5.04. The molecule has 25 heavy (non-hydrogen) atoms. The number of hydrogen-bond donors (Lipinski definition) is 1. The molecule has 3 heteroatoms. The van der Waals surface area contributed by atoms with Crippen molar-refractivity contribution in [3.63, 3.8) is 0 Å². The molecular formula is C22H28O3. The smallest absolute Gasteiger partial charge is 0.142 e. The highest BCUT2D eigenvalue weighted by atomic mass is 16.5. The average Bonchev–Trinajstić information content (AvgIpc) is 3.00. The quantitative estimate of drug-likeness (QED) is 0.508. The number of rotatable bonds is 8. The van der Waals surface area contributed by atoms with Crippen LogP contribution in [0.3, 0.4) is 0 Å². The molecule has 2 aromatic carbocycles. The lowest BCUT2D eigenvalue weighted by Crippen LogP contribution is -1.98. The summed E-state index contributed by atoms with van der Waals surface area (Å²) in [4.78, 5) is 0. The van der Waals surface area contributed by atoms with Gasteiger partial charge >= 0.3 is 0 Å². The van der Waals surface area contributed by atoms with Crippen LogP contribution < -0.4 is 4.74 Å². The Kier molecular flexibility index (Phi) is 5.64. The lowest BCUT2D eigenvalue weighted by atomic mass is 10.0. The van der Waals surface area contributed by atoms with Crippen LogP contribution in [0.1, 0.15) is 55.7 Å². The molecule has 134 valence electrons. The van der Waals surface area contributed by atoms with E-state index in [-0.39, 0.29) is 6.61 Å². The zero-order chi connectivity index (χ0) is 17.8. The van der Waals surface area contributed by atoms with Crippen LogP contribution >= 0.6 is 0 Å². The van der Waals surface area contributed by atoms with E-state index in [2.05, 4.69) is 19.9 Å². The number of unbranched alkanes of at least 4 members (excludes halogenated alkanes) is 4. The van der Waals surface area contributed by atoms with Gasteiger partial charge in [0.15, 0.2) is 0 Å². The van der Waals surface area contributed by atoms with Gasteiger partial charge in [0, 0.05) is 16.3 Å². The molecule has 0 aliphatic carbocycles. The molecule has 0 bridgehead atoms. The Hall–Kier alpha value is -2.00. The zero-order valence-electron chi connectivity index (χ0n) is 15.5. The molecular weight excluding hydrogens is 312 g/mol. The first kappa shape index (κ1) is 17.8. The minimum absolute atomic E-state index is 0.0319. The predicted molar refractivity (Wildman–Crippen MR) is 103 cm³/mol. The average molecular weight is 340 g/mol. The van der Waals surface area contributed by atoms with E-state index >= 15 is 0 Å². The predicted octanol–water partition coefficient (Wildman–Crippen LogP) is 6.04. The van der Waals surface area contributed by atoms with Crippen LogP contribution in [-0.4, -0.2) is 11.7 Å². The van der Waals surface area contributed by atoms with Crippen LogP contribution in [0.25, 0.3) is 21.9 Å². The third-order valence-electron chi connectivity index (χ3n) is 5.04. The third kappa shape index (κ3) is 3.52. The SMILES string of the molecule is CCCCCCCOc1ccc2c(oc3c(C)c(CO)ccc32)c1C. The molecule has 0 fully saturated rings. The number of aliphatic hydroxyl groups is 1. The molecule has 0 aliphatic heterocycles. The largest absolute Gasteiger partial charge is 0.493 e. The van der Waals surface area contributed by atoms with E-state index in [1.54, 1.807) is 0 Å². The monoisotopic (exact) mass is 340 g/mol.